The van der Waals surface area contributed by atoms with E-state index in [1.165, 1.54) is 0 Å². The SMILES string of the molecule is CC(C)(O)[C@@H]1CC[C@](C)([C@@H]2CC[C@H]([C@]3(C)CC[C@@H](C(C)(C)O)O3)O2)O1. The van der Waals surface area contributed by atoms with Crippen molar-refractivity contribution in [2.24, 2.45) is 0 Å². The Hall–Kier alpha value is -0.200. The Morgan fingerprint density at radius 1 is 0.720 bits per heavy atom. The highest BCUT2D eigenvalue weighted by atomic mass is 16.6. The Balaban J connectivity index is 1.63. The minimum atomic E-state index is -0.823. The largest absolute Gasteiger partial charge is 0.388 e. The molecule has 0 aliphatic carbocycles. The average molecular weight is 357 g/mol. The third kappa shape index (κ3) is 3.77. The van der Waals surface area contributed by atoms with Gasteiger partial charge < -0.3 is 24.4 Å². The van der Waals surface area contributed by atoms with E-state index in [9.17, 15) is 10.2 Å². The summed E-state index contributed by atoms with van der Waals surface area (Å²) in [7, 11) is 0. The summed E-state index contributed by atoms with van der Waals surface area (Å²) in [6, 6.07) is 0. The standard InChI is InChI=1S/C20H36O5/c1-17(2,21)13-9-11-19(5,24-13)15-7-8-16(23-15)20(6)12-10-14(25-20)18(3,4)22/h13-16,21-22H,7-12H2,1-6H3/t13-,14-,15-,16+,19+,20-/m0/s1. The Morgan fingerprint density at radius 2 is 1.08 bits per heavy atom. The smallest absolute Gasteiger partial charge is 0.0921 e. The van der Waals surface area contributed by atoms with Gasteiger partial charge >= 0.3 is 0 Å². The van der Waals surface area contributed by atoms with Crippen LogP contribution in [0, 0.1) is 0 Å². The summed E-state index contributed by atoms with van der Waals surface area (Å²) in [5.41, 5.74) is -2.33. The van der Waals surface area contributed by atoms with Gasteiger partial charge in [0.25, 0.3) is 0 Å². The molecule has 5 nitrogen and oxygen atoms in total. The molecular weight excluding hydrogens is 320 g/mol. The number of ether oxygens (including phenoxy) is 3. The first kappa shape index (κ1) is 19.6. The second-order valence-corrected chi connectivity index (χ2v) is 9.91. The second-order valence-electron chi connectivity index (χ2n) is 9.91. The molecule has 0 aromatic rings. The fourth-order valence-electron chi connectivity index (χ4n) is 4.73. The van der Waals surface area contributed by atoms with Crippen LogP contribution in [0.2, 0.25) is 0 Å². The zero-order chi connectivity index (χ0) is 18.7. The second kappa shape index (κ2) is 6.16. The summed E-state index contributed by atoms with van der Waals surface area (Å²) < 4.78 is 19.0. The molecule has 3 saturated heterocycles. The van der Waals surface area contributed by atoms with Crippen LogP contribution in [0.1, 0.15) is 80.1 Å². The first-order chi connectivity index (χ1) is 11.3. The number of hydrogen-bond acceptors (Lipinski definition) is 5. The molecule has 0 radical (unpaired) electrons. The van der Waals surface area contributed by atoms with Gasteiger partial charge in [0.1, 0.15) is 0 Å². The van der Waals surface area contributed by atoms with Gasteiger partial charge in [-0.1, -0.05) is 0 Å². The normalized spacial score (nSPS) is 46.1. The highest BCUT2D eigenvalue weighted by Gasteiger charge is 2.54. The Morgan fingerprint density at radius 3 is 1.36 bits per heavy atom. The molecule has 6 atom stereocenters. The van der Waals surface area contributed by atoms with Gasteiger partial charge in [0.05, 0.1) is 46.8 Å². The molecule has 0 saturated carbocycles. The molecule has 0 aromatic heterocycles. The zero-order valence-electron chi connectivity index (χ0n) is 16.7. The molecular formula is C20H36O5. The van der Waals surface area contributed by atoms with E-state index in [0.29, 0.717) is 0 Å². The molecule has 0 amide bonds. The molecule has 3 aliphatic heterocycles. The van der Waals surface area contributed by atoms with E-state index >= 15 is 0 Å². The van der Waals surface area contributed by atoms with E-state index < -0.39 is 11.2 Å². The van der Waals surface area contributed by atoms with Crippen LogP contribution in [0.25, 0.3) is 0 Å². The van der Waals surface area contributed by atoms with Crippen molar-refractivity contribution in [1.29, 1.82) is 0 Å². The summed E-state index contributed by atoms with van der Waals surface area (Å²) in [6.07, 6.45) is 5.22. The first-order valence-electron chi connectivity index (χ1n) is 9.79. The van der Waals surface area contributed by atoms with Gasteiger partial charge in [0, 0.05) is 0 Å². The van der Waals surface area contributed by atoms with Crippen LogP contribution in [-0.2, 0) is 14.2 Å². The van der Waals surface area contributed by atoms with Crippen LogP contribution >= 0.6 is 0 Å². The van der Waals surface area contributed by atoms with E-state index in [1.54, 1.807) is 0 Å². The Bertz CT molecular complexity index is 449. The highest BCUT2D eigenvalue weighted by molar-refractivity contribution is 5.03. The fourth-order valence-corrected chi connectivity index (χ4v) is 4.73. The predicted octanol–water partition coefficient (Wildman–Crippen LogP) is 2.95. The van der Waals surface area contributed by atoms with Gasteiger partial charge in [0.15, 0.2) is 0 Å². The number of rotatable bonds is 4. The van der Waals surface area contributed by atoms with Crippen LogP contribution in [0.3, 0.4) is 0 Å². The van der Waals surface area contributed by atoms with Crippen molar-refractivity contribution in [3.05, 3.63) is 0 Å². The fraction of sp³-hybridized carbons (Fsp3) is 1.00. The van der Waals surface area contributed by atoms with Crippen LogP contribution < -0.4 is 0 Å². The predicted molar refractivity (Wildman–Crippen MR) is 95.5 cm³/mol. The number of hydrogen-bond donors (Lipinski definition) is 2. The molecule has 146 valence electrons. The average Bonchev–Trinajstić information content (AvgIpc) is 3.14. The maximum atomic E-state index is 10.3. The van der Waals surface area contributed by atoms with E-state index in [1.807, 2.05) is 27.7 Å². The summed E-state index contributed by atoms with van der Waals surface area (Å²) >= 11 is 0. The molecule has 3 rings (SSSR count). The lowest BCUT2D eigenvalue weighted by atomic mass is 9.90. The molecule has 3 aliphatic rings. The molecule has 0 unspecified atom stereocenters. The van der Waals surface area contributed by atoms with Crippen molar-refractivity contribution in [3.8, 4) is 0 Å². The van der Waals surface area contributed by atoms with Gasteiger partial charge in [-0.05, 0) is 80.1 Å². The van der Waals surface area contributed by atoms with E-state index in [2.05, 4.69) is 13.8 Å². The topological polar surface area (TPSA) is 68.2 Å². The summed E-state index contributed by atoms with van der Waals surface area (Å²) in [5, 5.41) is 20.5. The van der Waals surface area contributed by atoms with Gasteiger partial charge in [-0.3, -0.25) is 0 Å². The third-order valence-electron chi connectivity index (χ3n) is 6.59. The lowest BCUT2D eigenvalue weighted by Gasteiger charge is -2.37. The van der Waals surface area contributed by atoms with Crippen molar-refractivity contribution < 1.29 is 24.4 Å². The zero-order valence-corrected chi connectivity index (χ0v) is 16.7. The van der Waals surface area contributed by atoms with Crippen LogP contribution in [0.15, 0.2) is 0 Å². The number of aliphatic hydroxyl groups is 2. The lowest BCUT2D eigenvalue weighted by Crippen LogP contribution is -2.46. The van der Waals surface area contributed by atoms with Gasteiger partial charge in [-0.25, -0.2) is 0 Å². The van der Waals surface area contributed by atoms with Crippen molar-refractivity contribution >= 4 is 0 Å². The molecule has 0 aromatic carbocycles. The molecule has 5 heteroatoms. The molecule has 3 heterocycles. The van der Waals surface area contributed by atoms with E-state index in [4.69, 9.17) is 14.2 Å². The van der Waals surface area contributed by atoms with Gasteiger partial charge in [0.2, 0.25) is 0 Å². The minimum absolute atomic E-state index is 0.0338. The van der Waals surface area contributed by atoms with Crippen molar-refractivity contribution in [2.45, 2.75) is 127 Å². The van der Waals surface area contributed by atoms with Crippen molar-refractivity contribution in [2.75, 3.05) is 0 Å². The van der Waals surface area contributed by atoms with E-state index in [-0.39, 0.29) is 35.6 Å². The lowest BCUT2D eigenvalue weighted by molar-refractivity contribution is -0.195. The maximum absolute atomic E-state index is 10.3. The molecule has 3 fully saturated rings. The minimum Gasteiger partial charge on any atom is -0.388 e. The maximum Gasteiger partial charge on any atom is 0.0921 e. The van der Waals surface area contributed by atoms with Crippen molar-refractivity contribution in [3.63, 3.8) is 0 Å². The Kier molecular flexibility index (Phi) is 4.82. The van der Waals surface area contributed by atoms with Gasteiger partial charge in [-0.15, -0.1) is 0 Å². The molecule has 2 N–H and O–H groups in total. The summed E-state index contributed by atoms with van der Waals surface area (Å²) in [4.78, 5) is 0. The molecule has 0 spiro atoms. The Labute approximate surface area is 152 Å². The van der Waals surface area contributed by atoms with Crippen molar-refractivity contribution in [1.82, 2.24) is 0 Å². The first-order valence-corrected chi connectivity index (χ1v) is 9.79. The highest BCUT2D eigenvalue weighted by Crippen LogP contribution is 2.47. The van der Waals surface area contributed by atoms with Crippen LogP contribution in [-0.4, -0.2) is 57.0 Å². The quantitative estimate of drug-likeness (QED) is 0.811. The van der Waals surface area contributed by atoms with Crippen LogP contribution in [0.4, 0.5) is 0 Å². The third-order valence-corrected chi connectivity index (χ3v) is 6.59. The van der Waals surface area contributed by atoms with Gasteiger partial charge in [-0.2, -0.15) is 0 Å². The molecule has 0 bridgehead atoms. The van der Waals surface area contributed by atoms with E-state index in [0.717, 1.165) is 38.5 Å². The van der Waals surface area contributed by atoms with Crippen LogP contribution in [0.5, 0.6) is 0 Å². The molecule has 25 heavy (non-hydrogen) atoms. The summed E-state index contributed by atoms with van der Waals surface area (Å²) in [5.74, 6) is 0. The monoisotopic (exact) mass is 356 g/mol. The summed E-state index contributed by atoms with van der Waals surface area (Å²) in [6.45, 7) is 11.5.